The zero-order valence-corrected chi connectivity index (χ0v) is 13.3. The summed E-state index contributed by atoms with van der Waals surface area (Å²) in [4.78, 5) is 31.8. The number of nitrogens with zero attached hydrogens (tertiary/aromatic N) is 2. The molecule has 0 saturated heterocycles. The Kier molecular flexibility index (Phi) is 4.50. The number of hydrogen-bond donors (Lipinski definition) is 2. The van der Waals surface area contributed by atoms with Crippen LogP contribution in [-0.4, -0.2) is 21.8 Å². The highest BCUT2D eigenvalue weighted by atomic mass is 35.5. The van der Waals surface area contributed by atoms with Crippen LogP contribution >= 0.6 is 22.9 Å². The number of anilines is 1. The van der Waals surface area contributed by atoms with E-state index < -0.39 is 11.8 Å². The van der Waals surface area contributed by atoms with Gasteiger partial charge in [-0.3, -0.25) is 14.9 Å². The third-order valence-corrected chi connectivity index (χ3v) is 4.14. The molecule has 3 aromatic rings. The van der Waals surface area contributed by atoms with Gasteiger partial charge < -0.3 is 5.32 Å². The van der Waals surface area contributed by atoms with E-state index in [9.17, 15) is 9.59 Å². The molecule has 0 saturated carbocycles. The number of para-hydroxylation sites is 1. The van der Waals surface area contributed by atoms with Crippen LogP contribution in [0.2, 0.25) is 5.15 Å². The quantitative estimate of drug-likeness (QED) is 0.564. The number of benzene rings is 1. The highest BCUT2D eigenvalue weighted by molar-refractivity contribution is 7.22. The van der Waals surface area contributed by atoms with Crippen LogP contribution in [0.1, 0.15) is 5.56 Å². The van der Waals surface area contributed by atoms with Crippen LogP contribution in [0.25, 0.3) is 10.2 Å². The number of hydrogen-bond acceptors (Lipinski definition) is 5. The van der Waals surface area contributed by atoms with Gasteiger partial charge in [0.05, 0.1) is 10.2 Å². The minimum Gasteiger partial charge on any atom is -0.344 e. The van der Waals surface area contributed by atoms with Gasteiger partial charge in [0.15, 0.2) is 5.13 Å². The van der Waals surface area contributed by atoms with E-state index >= 15 is 0 Å². The first-order valence-electron chi connectivity index (χ1n) is 6.67. The third-order valence-electron chi connectivity index (χ3n) is 2.96. The number of thiazole rings is 1. The molecule has 8 heteroatoms. The Morgan fingerprint density at radius 2 is 1.96 bits per heavy atom. The van der Waals surface area contributed by atoms with Crippen LogP contribution in [0.5, 0.6) is 0 Å². The Labute approximate surface area is 140 Å². The van der Waals surface area contributed by atoms with Gasteiger partial charge in [0, 0.05) is 12.7 Å². The predicted molar refractivity (Wildman–Crippen MR) is 89.3 cm³/mol. The SMILES string of the molecule is O=C(NCc1ccc(Cl)nc1)C(=O)Nc1nc2ccccc2s1. The summed E-state index contributed by atoms with van der Waals surface area (Å²) in [7, 11) is 0. The lowest BCUT2D eigenvalue weighted by Crippen LogP contribution is -2.34. The first-order valence-corrected chi connectivity index (χ1v) is 7.86. The molecule has 0 bridgehead atoms. The van der Waals surface area contributed by atoms with Crippen molar-refractivity contribution in [2.24, 2.45) is 0 Å². The van der Waals surface area contributed by atoms with Gasteiger partial charge in [-0.25, -0.2) is 9.97 Å². The van der Waals surface area contributed by atoms with E-state index in [4.69, 9.17) is 11.6 Å². The van der Waals surface area contributed by atoms with Crippen molar-refractivity contribution in [2.45, 2.75) is 6.54 Å². The molecule has 0 aliphatic rings. The van der Waals surface area contributed by atoms with E-state index in [1.807, 2.05) is 24.3 Å². The van der Waals surface area contributed by atoms with E-state index in [1.54, 1.807) is 12.1 Å². The minimum absolute atomic E-state index is 0.191. The molecule has 2 heterocycles. The van der Waals surface area contributed by atoms with Gasteiger partial charge in [-0.2, -0.15) is 0 Å². The summed E-state index contributed by atoms with van der Waals surface area (Å²) >= 11 is 6.99. The zero-order valence-electron chi connectivity index (χ0n) is 11.7. The van der Waals surface area contributed by atoms with Crippen LogP contribution in [0.3, 0.4) is 0 Å². The largest absolute Gasteiger partial charge is 0.344 e. The fourth-order valence-corrected chi connectivity index (χ4v) is 2.83. The van der Waals surface area contributed by atoms with E-state index in [1.165, 1.54) is 17.5 Å². The van der Waals surface area contributed by atoms with Crippen molar-refractivity contribution in [2.75, 3.05) is 5.32 Å². The molecule has 3 rings (SSSR count). The Morgan fingerprint density at radius 1 is 1.13 bits per heavy atom. The van der Waals surface area contributed by atoms with E-state index in [2.05, 4.69) is 20.6 Å². The number of pyridine rings is 1. The highest BCUT2D eigenvalue weighted by Gasteiger charge is 2.15. The second-order valence-electron chi connectivity index (χ2n) is 4.61. The average Bonchev–Trinajstić information content (AvgIpc) is 2.96. The standard InChI is InChI=1S/C15H11ClN4O2S/c16-12-6-5-9(7-17-12)8-18-13(21)14(22)20-15-19-10-3-1-2-4-11(10)23-15/h1-7H,8H2,(H,18,21)(H,19,20,22). The van der Waals surface area contributed by atoms with Crippen LogP contribution in [0.4, 0.5) is 5.13 Å². The van der Waals surface area contributed by atoms with Gasteiger partial charge in [0.25, 0.3) is 0 Å². The van der Waals surface area contributed by atoms with Crippen molar-refractivity contribution in [1.29, 1.82) is 0 Å². The summed E-state index contributed by atoms with van der Waals surface area (Å²) in [5.41, 5.74) is 1.52. The van der Waals surface area contributed by atoms with Gasteiger partial charge in [0.2, 0.25) is 0 Å². The summed E-state index contributed by atoms with van der Waals surface area (Å²) in [5, 5.41) is 5.77. The predicted octanol–water partition coefficient (Wildman–Crippen LogP) is 2.60. The fraction of sp³-hybridized carbons (Fsp3) is 0.0667. The second kappa shape index (κ2) is 6.72. The smallest absolute Gasteiger partial charge is 0.315 e. The van der Waals surface area contributed by atoms with Crippen molar-refractivity contribution in [3.05, 3.63) is 53.3 Å². The molecule has 2 amide bonds. The number of halogens is 1. The molecule has 0 unspecified atom stereocenters. The highest BCUT2D eigenvalue weighted by Crippen LogP contribution is 2.25. The molecule has 0 aliphatic heterocycles. The van der Waals surface area contributed by atoms with Crippen LogP contribution < -0.4 is 10.6 Å². The van der Waals surface area contributed by atoms with Crippen LogP contribution in [-0.2, 0) is 16.1 Å². The molecule has 6 nitrogen and oxygen atoms in total. The van der Waals surface area contributed by atoms with E-state index in [-0.39, 0.29) is 6.54 Å². The van der Waals surface area contributed by atoms with Crippen molar-refractivity contribution in [3.8, 4) is 0 Å². The van der Waals surface area contributed by atoms with Gasteiger partial charge in [-0.15, -0.1) is 0 Å². The molecule has 0 radical (unpaired) electrons. The molecule has 2 N–H and O–H groups in total. The molecule has 0 atom stereocenters. The number of amides is 2. The molecule has 0 spiro atoms. The molecule has 0 aliphatic carbocycles. The first-order chi connectivity index (χ1) is 11.1. The summed E-state index contributed by atoms with van der Waals surface area (Å²) in [6, 6.07) is 10.8. The Hall–Kier alpha value is -2.51. The minimum atomic E-state index is -0.758. The van der Waals surface area contributed by atoms with Crippen molar-refractivity contribution < 1.29 is 9.59 Å². The maximum absolute atomic E-state index is 11.9. The van der Waals surface area contributed by atoms with Crippen molar-refractivity contribution >= 4 is 50.1 Å². The van der Waals surface area contributed by atoms with Crippen LogP contribution in [0, 0.1) is 0 Å². The Morgan fingerprint density at radius 3 is 2.70 bits per heavy atom. The van der Waals surface area contributed by atoms with Crippen molar-refractivity contribution in [3.63, 3.8) is 0 Å². The van der Waals surface area contributed by atoms with Gasteiger partial charge >= 0.3 is 11.8 Å². The molecule has 0 fully saturated rings. The monoisotopic (exact) mass is 346 g/mol. The number of rotatable bonds is 3. The fourth-order valence-electron chi connectivity index (χ4n) is 1.85. The molecular formula is C15H11ClN4O2S. The maximum Gasteiger partial charge on any atom is 0.315 e. The molecule has 1 aromatic carbocycles. The van der Waals surface area contributed by atoms with E-state index in [0.29, 0.717) is 10.3 Å². The first kappa shape index (κ1) is 15.4. The number of nitrogens with one attached hydrogen (secondary N) is 2. The number of carbonyl (C=O) groups is 2. The van der Waals surface area contributed by atoms with Crippen LogP contribution in [0.15, 0.2) is 42.6 Å². The molecule has 23 heavy (non-hydrogen) atoms. The zero-order chi connectivity index (χ0) is 16.2. The lowest BCUT2D eigenvalue weighted by atomic mass is 10.3. The normalized spacial score (nSPS) is 10.5. The molecule has 2 aromatic heterocycles. The van der Waals surface area contributed by atoms with Gasteiger partial charge in [0.1, 0.15) is 5.15 Å². The number of fused-ring (bicyclic) bond motifs is 1. The Balaban J connectivity index is 1.58. The van der Waals surface area contributed by atoms with Gasteiger partial charge in [-0.1, -0.05) is 41.1 Å². The lowest BCUT2D eigenvalue weighted by molar-refractivity contribution is -0.136. The summed E-state index contributed by atoms with van der Waals surface area (Å²) in [5.74, 6) is -1.50. The average molecular weight is 347 g/mol. The Bertz CT molecular complexity index is 830. The van der Waals surface area contributed by atoms with E-state index in [0.717, 1.165) is 15.8 Å². The number of aromatic nitrogens is 2. The van der Waals surface area contributed by atoms with Crippen molar-refractivity contribution in [1.82, 2.24) is 15.3 Å². The summed E-state index contributed by atoms with van der Waals surface area (Å²) < 4.78 is 0.940. The lowest BCUT2D eigenvalue weighted by Gasteiger charge is -2.04. The second-order valence-corrected chi connectivity index (χ2v) is 6.03. The summed E-state index contributed by atoms with van der Waals surface area (Å²) in [6.45, 7) is 0.191. The maximum atomic E-state index is 11.9. The topological polar surface area (TPSA) is 84.0 Å². The third kappa shape index (κ3) is 3.82. The van der Waals surface area contributed by atoms with Gasteiger partial charge in [-0.05, 0) is 23.8 Å². The molecular weight excluding hydrogens is 336 g/mol. The molecule has 116 valence electrons. The number of carbonyl (C=O) groups excluding carboxylic acids is 2. The summed E-state index contributed by atoms with van der Waals surface area (Å²) in [6.07, 6.45) is 1.54.